The Labute approximate surface area is 318 Å². The number of aryl methyl sites for hydroxylation is 3. The van der Waals surface area contributed by atoms with Crippen molar-refractivity contribution in [1.82, 2.24) is 9.97 Å². The Bertz CT molecular complexity index is 2630. The molecule has 0 saturated heterocycles. The Kier molecular flexibility index (Phi) is 9.58. The van der Waals surface area contributed by atoms with Crippen LogP contribution in [0.25, 0.3) is 77.5 Å². The summed E-state index contributed by atoms with van der Waals surface area (Å²) >= 11 is 0. The molecule has 0 bridgehead atoms. The number of furan rings is 2. The summed E-state index contributed by atoms with van der Waals surface area (Å²) in [5, 5.41) is 5.77. The molecule has 0 fully saturated rings. The number of nitrogens with zero attached hydrogens (tertiary/aromatic N) is 2. The maximum Gasteiger partial charge on any atom is 0.147 e. The molecule has 0 N–H and O–H groups in total. The molecule has 0 saturated carbocycles. The van der Waals surface area contributed by atoms with Gasteiger partial charge in [0.1, 0.15) is 22.3 Å². The largest absolute Gasteiger partial charge is 0.455 e. The molecule has 4 aromatic heterocycles. The number of para-hydroxylation sites is 2. The average molecular weight is 871 g/mol. The number of aromatic nitrogens is 2. The first-order chi connectivity index (χ1) is 24.6. The van der Waals surface area contributed by atoms with Gasteiger partial charge >= 0.3 is 0 Å². The van der Waals surface area contributed by atoms with Gasteiger partial charge in [-0.3, -0.25) is 0 Å². The van der Waals surface area contributed by atoms with Crippen LogP contribution in [0.2, 0.25) is 19.6 Å². The third kappa shape index (κ3) is 6.66. The summed E-state index contributed by atoms with van der Waals surface area (Å²) < 4.78 is 12.9. The molecule has 0 amide bonds. The summed E-state index contributed by atoms with van der Waals surface area (Å²) in [7, 11) is -1.46. The minimum atomic E-state index is -1.46. The van der Waals surface area contributed by atoms with Crippen molar-refractivity contribution in [2.75, 3.05) is 0 Å². The summed E-state index contributed by atoms with van der Waals surface area (Å²) in [6, 6.07) is 44.1. The van der Waals surface area contributed by atoms with Crippen LogP contribution in [0.3, 0.4) is 0 Å². The van der Waals surface area contributed by atoms with Crippen molar-refractivity contribution in [3.05, 3.63) is 150 Å². The Balaban J connectivity index is 0.000000222. The molecule has 9 rings (SSSR count). The predicted octanol–water partition coefficient (Wildman–Crippen LogP) is 12.0. The van der Waals surface area contributed by atoms with Gasteiger partial charge in [0.15, 0.2) is 0 Å². The molecule has 6 heteroatoms. The van der Waals surface area contributed by atoms with Crippen LogP contribution < -0.4 is 5.19 Å². The van der Waals surface area contributed by atoms with E-state index in [2.05, 4.69) is 124 Å². The molecule has 0 aliphatic carbocycles. The van der Waals surface area contributed by atoms with Crippen LogP contribution in [-0.2, 0) is 20.1 Å². The maximum absolute atomic E-state index is 6.47. The zero-order valence-corrected chi connectivity index (χ0v) is 33.5. The van der Waals surface area contributed by atoms with Crippen molar-refractivity contribution in [2.45, 2.75) is 40.4 Å². The van der Waals surface area contributed by atoms with E-state index < -0.39 is 8.07 Å². The van der Waals surface area contributed by atoms with E-state index >= 15 is 0 Å². The number of pyridine rings is 2. The monoisotopic (exact) mass is 871 g/mol. The van der Waals surface area contributed by atoms with Crippen molar-refractivity contribution in [3.8, 4) is 33.6 Å². The fourth-order valence-electron chi connectivity index (χ4n) is 6.55. The Hall–Kier alpha value is -5.13. The van der Waals surface area contributed by atoms with Gasteiger partial charge in [0.05, 0.1) is 13.6 Å². The van der Waals surface area contributed by atoms with Crippen LogP contribution in [0.4, 0.5) is 0 Å². The van der Waals surface area contributed by atoms with E-state index in [1.165, 1.54) is 21.9 Å². The molecule has 1 radical (unpaired) electrons. The van der Waals surface area contributed by atoms with Crippen molar-refractivity contribution in [1.29, 1.82) is 0 Å². The molecule has 0 aliphatic heterocycles. The third-order valence-corrected chi connectivity index (χ3v) is 11.7. The number of hydrogen-bond donors (Lipinski definition) is 0. The fraction of sp³-hybridized carbons (Fsp3) is 0.130. The van der Waals surface area contributed by atoms with E-state index in [9.17, 15) is 0 Å². The molecule has 259 valence electrons. The molecule has 0 atom stereocenters. The Morgan fingerprint density at radius 3 is 1.87 bits per heavy atom. The Morgan fingerprint density at radius 2 is 1.25 bits per heavy atom. The van der Waals surface area contributed by atoms with E-state index in [0.717, 1.165) is 77.5 Å². The molecule has 0 unspecified atom stereocenters. The summed E-state index contributed by atoms with van der Waals surface area (Å²) in [5.74, 6) is 0. The minimum Gasteiger partial charge on any atom is -0.455 e. The SMILES string of the molecule is C[Si](C)(C)c1cc[c-]c(-c2cc(-c3c4oc5ccccc5c4cc4c3oc3ccccc34)ccn2)c1.Cc1c[c-]c(-c2cc(C)c(C)cn2)cc1.[Ir]. The van der Waals surface area contributed by atoms with E-state index in [0.29, 0.717) is 0 Å². The van der Waals surface area contributed by atoms with Gasteiger partial charge in [0.25, 0.3) is 0 Å². The van der Waals surface area contributed by atoms with Gasteiger partial charge in [-0.15, -0.1) is 70.4 Å². The van der Waals surface area contributed by atoms with Gasteiger partial charge in [0.2, 0.25) is 0 Å². The molecule has 4 heterocycles. The first kappa shape index (κ1) is 35.3. The van der Waals surface area contributed by atoms with Gasteiger partial charge in [-0.1, -0.05) is 80.7 Å². The van der Waals surface area contributed by atoms with Crippen LogP contribution in [0.5, 0.6) is 0 Å². The molecule has 0 aliphatic rings. The summed E-state index contributed by atoms with van der Waals surface area (Å²) in [5.41, 5.74) is 13.1. The third-order valence-electron chi connectivity index (χ3n) is 9.62. The average Bonchev–Trinajstić information content (AvgIpc) is 3.70. The second-order valence-corrected chi connectivity index (χ2v) is 19.4. The van der Waals surface area contributed by atoms with Crippen molar-refractivity contribution in [3.63, 3.8) is 0 Å². The number of hydrogen-bond acceptors (Lipinski definition) is 4. The van der Waals surface area contributed by atoms with E-state index in [4.69, 9.17) is 13.8 Å². The van der Waals surface area contributed by atoms with Crippen molar-refractivity contribution < 1.29 is 28.9 Å². The molecule has 52 heavy (non-hydrogen) atoms. The number of rotatable bonds is 4. The summed E-state index contributed by atoms with van der Waals surface area (Å²) in [4.78, 5) is 9.13. The topological polar surface area (TPSA) is 52.1 Å². The van der Waals surface area contributed by atoms with Crippen LogP contribution in [-0.4, -0.2) is 18.0 Å². The second-order valence-electron chi connectivity index (χ2n) is 14.3. The molecule has 5 aromatic carbocycles. The zero-order chi connectivity index (χ0) is 35.3. The van der Waals surface area contributed by atoms with Crippen LogP contribution in [0.1, 0.15) is 16.7 Å². The molecule has 0 spiro atoms. The van der Waals surface area contributed by atoms with Gasteiger partial charge in [0, 0.05) is 54.0 Å². The molecule has 4 nitrogen and oxygen atoms in total. The number of fused-ring (bicyclic) bond motifs is 6. The standard InChI is InChI=1S/C32H24NO2Si.C14H14N.Ir/c1-36(2,3)22-10-8-9-20(17-22)27-18-21(15-16-33-27)30-31-25(23-11-4-6-13-28(23)34-31)19-26-24-12-5-7-14-29(24)35-32(26)30;1-10-4-6-13(7-5-10)14-8-11(2)12(3)9-15-14;/h4-8,10-19H,1-3H3;4-6,8-9H,1-3H3;/q2*-1;. The molecule has 9 aromatic rings. The Morgan fingerprint density at radius 1 is 0.596 bits per heavy atom. The maximum atomic E-state index is 6.47. The summed E-state index contributed by atoms with van der Waals surface area (Å²) in [6.45, 7) is 13.3. The van der Waals surface area contributed by atoms with E-state index in [1.54, 1.807) is 0 Å². The second kappa shape index (κ2) is 14.1. The van der Waals surface area contributed by atoms with Gasteiger partial charge in [-0.05, 0) is 60.6 Å². The van der Waals surface area contributed by atoms with Crippen molar-refractivity contribution in [2.24, 2.45) is 0 Å². The van der Waals surface area contributed by atoms with Crippen LogP contribution in [0.15, 0.2) is 130 Å². The fourth-order valence-corrected chi connectivity index (χ4v) is 7.71. The van der Waals surface area contributed by atoms with Crippen molar-refractivity contribution >= 4 is 57.1 Å². The first-order valence-electron chi connectivity index (χ1n) is 17.3. The molecular formula is C46H38IrN2O2Si-2. The van der Waals surface area contributed by atoms with Gasteiger partial charge < -0.3 is 18.8 Å². The normalized spacial score (nSPS) is 11.5. The van der Waals surface area contributed by atoms with Crippen LogP contribution in [0, 0.1) is 32.9 Å². The van der Waals surface area contributed by atoms with Crippen LogP contribution >= 0.6 is 0 Å². The zero-order valence-electron chi connectivity index (χ0n) is 30.1. The van der Waals surface area contributed by atoms with Gasteiger partial charge in [-0.25, -0.2) is 0 Å². The van der Waals surface area contributed by atoms with Gasteiger partial charge in [-0.2, -0.15) is 0 Å². The van der Waals surface area contributed by atoms with E-state index in [-0.39, 0.29) is 20.1 Å². The predicted molar refractivity (Wildman–Crippen MR) is 214 cm³/mol. The number of benzene rings is 5. The minimum absolute atomic E-state index is 0. The smallest absolute Gasteiger partial charge is 0.147 e. The first-order valence-corrected chi connectivity index (χ1v) is 20.8. The van der Waals surface area contributed by atoms with E-state index in [1.807, 2.05) is 54.9 Å². The quantitative estimate of drug-likeness (QED) is 0.131. The summed E-state index contributed by atoms with van der Waals surface area (Å²) in [6.07, 6.45) is 3.79. The molecular weight excluding hydrogens is 833 g/mol.